The van der Waals surface area contributed by atoms with Gasteiger partial charge in [0.15, 0.2) is 0 Å². The average molecular weight is 507 g/mol. The van der Waals surface area contributed by atoms with Crippen molar-refractivity contribution in [3.63, 3.8) is 0 Å². The topological polar surface area (TPSA) is 116 Å². The minimum absolute atomic E-state index is 0.0639. The monoisotopic (exact) mass is 506 g/mol. The normalized spacial score (nSPS) is 23.2. The molecule has 3 atom stereocenters. The third-order valence-electron chi connectivity index (χ3n) is 7.49. The zero-order valence-electron chi connectivity index (χ0n) is 19.9. The van der Waals surface area contributed by atoms with Gasteiger partial charge in [0.1, 0.15) is 21.6 Å². The number of anilines is 2. The maximum atomic E-state index is 15.5. The molecule has 4 aliphatic rings. The fraction of sp³-hybridized carbons (Fsp3) is 0.423. The summed E-state index contributed by atoms with van der Waals surface area (Å²) in [5.74, 6) is -0.597. The van der Waals surface area contributed by atoms with Crippen LogP contribution < -0.4 is 21.3 Å². The lowest BCUT2D eigenvalue weighted by Crippen LogP contribution is -2.56. The van der Waals surface area contributed by atoms with E-state index in [1.165, 1.54) is 17.4 Å². The number of hydrogen-bond acceptors (Lipinski definition) is 8. The zero-order chi connectivity index (χ0) is 25.0. The summed E-state index contributed by atoms with van der Waals surface area (Å²) in [6.45, 7) is 4.49. The van der Waals surface area contributed by atoms with E-state index in [0.29, 0.717) is 66.4 Å². The lowest BCUT2D eigenvalue weighted by atomic mass is 9.84. The Morgan fingerprint density at radius 3 is 3.08 bits per heavy atom. The Bertz CT molecular complexity index is 1410. The molecular formula is C26H27FN6O2S. The molecule has 2 aromatic heterocycles. The quantitative estimate of drug-likeness (QED) is 0.500. The van der Waals surface area contributed by atoms with Crippen molar-refractivity contribution in [2.45, 2.75) is 44.3 Å². The van der Waals surface area contributed by atoms with Crippen LogP contribution in [0.1, 0.15) is 38.5 Å². The Balaban J connectivity index is 1.26. The number of piperazine rings is 1. The van der Waals surface area contributed by atoms with Crippen molar-refractivity contribution in [2.24, 2.45) is 0 Å². The highest BCUT2D eigenvalue weighted by atomic mass is 32.1. The Labute approximate surface area is 212 Å². The first-order valence-corrected chi connectivity index (χ1v) is 13.0. The lowest BCUT2D eigenvalue weighted by Gasteiger charge is -2.39. The summed E-state index contributed by atoms with van der Waals surface area (Å²) in [6.07, 6.45) is 1.48. The van der Waals surface area contributed by atoms with Gasteiger partial charge in [0.25, 0.3) is 5.91 Å². The number of nitriles is 1. The van der Waals surface area contributed by atoms with E-state index in [0.717, 1.165) is 28.0 Å². The first kappa shape index (κ1) is 23.2. The number of nitrogens with zero attached hydrogens (tertiary/aromatic N) is 3. The van der Waals surface area contributed by atoms with Crippen LogP contribution in [0, 0.1) is 24.1 Å². The molecule has 3 fully saturated rings. The lowest BCUT2D eigenvalue weighted by molar-refractivity contribution is 0.0938. The van der Waals surface area contributed by atoms with Crippen LogP contribution in [0.5, 0.6) is 0 Å². The van der Waals surface area contributed by atoms with Crippen LogP contribution in [-0.4, -0.2) is 55.3 Å². The van der Waals surface area contributed by atoms with Crippen LogP contribution in [0.4, 0.5) is 15.8 Å². The number of benzene rings is 1. The van der Waals surface area contributed by atoms with Crippen LogP contribution in [-0.2, 0) is 17.6 Å². The van der Waals surface area contributed by atoms with Gasteiger partial charge in [-0.2, -0.15) is 5.26 Å². The number of pyridine rings is 1. The number of fused-ring (bicyclic) bond motifs is 6. The Morgan fingerprint density at radius 2 is 2.25 bits per heavy atom. The molecule has 1 amide bonds. The summed E-state index contributed by atoms with van der Waals surface area (Å²) >= 11 is 1.27. The smallest absolute Gasteiger partial charge is 0.263 e. The molecule has 5 heterocycles. The molecule has 3 aliphatic heterocycles. The predicted octanol–water partition coefficient (Wildman–Crippen LogP) is 2.66. The number of thiophene rings is 1. The number of carbonyl (C=O) groups excluding carboxylic acids is 1. The third kappa shape index (κ3) is 3.88. The third-order valence-corrected chi connectivity index (χ3v) is 8.61. The molecule has 186 valence electrons. The van der Waals surface area contributed by atoms with Crippen LogP contribution in [0.25, 0.3) is 10.2 Å². The van der Waals surface area contributed by atoms with E-state index in [2.05, 4.69) is 26.6 Å². The van der Waals surface area contributed by atoms with Crippen LogP contribution >= 0.6 is 11.3 Å². The van der Waals surface area contributed by atoms with Gasteiger partial charge in [-0.15, -0.1) is 11.3 Å². The second-order valence-corrected chi connectivity index (χ2v) is 10.8. The maximum absolute atomic E-state index is 15.5. The number of hydrogen-bond donors (Lipinski definition) is 3. The molecule has 2 bridgehead atoms. The summed E-state index contributed by atoms with van der Waals surface area (Å²) in [5.41, 5.74) is 10.0. The number of carbonyl (C=O) groups is 1. The van der Waals surface area contributed by atoms with Gasteiger partial charge < -0.3 is 26.0 Å². The van der Waals surface area contributed by atoms with Crippen molar-refractivity contribution in [1.29, 1.82) is 5.26 Å². The van der Waals surface area contributed by atoms with Crippen molar-refractivity contribution < 1.29 is 13.9 Å². The van der Waals surface area contributed by atoms with E-state index < -0.39 is 0 Å². The fourth-order valence-corrected chi connectivity index (χ4v) is 6.68. The molecule has 36 heavy (non-hydrogen) atoms. The number of rotatable bonds is 3. The van der Waals surface area contributed by atoms with Gasteiger partial charge in [0, 0.05) is 36.3 Å². The summed E-state index contributed by atoms with van der Waals surface area (Å²) < 4.78 is 21.2. The van der Waals surface area contributed by atoms with E-state index in [9.17, 15) is 10.1 Å². The number of nitrogens with one attached hydrogen (secondary N) is 2. The molecule has 1 aliphatic carbocycles. The first-order chi connectivity index (χ1) is 17.4. The van der Waals surface area contributed by atoms with Gasteiger partial charge in [-0.1, -0.05) is 0 Å². The second kappa shape index (κ2) is 9.00. The fourth-order valence-electron chi connectivity index (χ4n) is 5.64. The number of aryl methyl sites for hydroxylation is 1. The highest BCUT2D eigenvalue weighted by Gasteiger charge is 2.35. The highest BCUT2D eigenvalue weighted by Crippen LogP contribution is 2.37. The molecule has 0 radical (unpaired) electrons. The molecule has 2 unspecified atom stereocenters. The average Bonchev–Trinajstić information content (AvgIpc) is 3.02. The van der Waals surface area contributed by atoms with E-state index in [1.54, 1.807) is 0 Å². The molecule has 0 saturated carbocycles. The van der Waals surface area contributed by atoms with Gasteiger partial charge in [0.05, 0.1) is 36.2 Å². The van der Waals surface area contributed by atoms with Crippen LogP contribution in [0.2, 0.25) is 0 Å². The van der Waals surface area contributed by atoms with Gasteiger partial charge in [0.2, 0.25) is 0 Å². The predicted molar refractivity (Wildman–Crippen MR) is 137 cm³/mol. The highest BCUT2D eigenvalue weighted by molar-refractivity contribution is 7.21. The summed E-state index contributed by atoms with van der Waals surface area (Å²) in [6, 6.07) is 7.59. The SMILES string of the molecule is Cc1ccc2c(N)c(C(=O)N[C@@H]3CCc4c(C#N)c(N5CC6COCC5CN6)cc(F)c4C3)sc2n1. The molecule has 8 nitrogen and oxygen atoms in total. The summed E-state index contributed by atoms with van der Waals surface area (Å²) in [5, 5.41) is 17.3. The second-order valence-electron chi connectivity index (χ2n) is 9.83. The van der Waals surface area contributed by atoms with E-state index in [1.807, 2.05) is 19.1 Å². The molecule has 4 N–H and O–H groups in total. The molecular weight excluding hydrogens is 479 g/mol. The van der Waals surface area contributed by atoms with Gasteiger partial charge in [-0.25, -0.2) is 9.37 Å². The van der Waals surface area contributed by atoms with Crippen molar-refractivity contribution in [1.82, 2.24) is 15.6 Å². The van der Waals surface area contributed by atoms with Crippen LogP contribution in [0.15, 0.2) is 18.2 Å². The number of halogens is 1. The van der Waals surface area contributed by atoms with Crippen molar-refractivity contribution >= 4 is 38.8 Å². The van der Waals surface area contributed by atoms with E-state index >= 15 is 4.39 Å². The van der Waals surface area contributed by atoms with Crippen molar-refractivity contribution in [3.05, 3.63) is 51.3 Å². The van der Waals surface area contributed by atoms with Gasteiger partial charge >= 0.3 is 0 Å². The van der Waals surface area contributed by atoms with Gasteiger partial charge in [-0.3, -0.25) is 4.79 Å². The molecule has 3 aromatic rings. The number of aromatic nitrogens is 1. The van der Waals surface area contributed by atoms with Crippen LogP contribution in [0.3, 0.4) is 0 Å². The Morgan fingerprint density at radius 1 is 1.39 bits per heavy atom. The minimum Gasteiger partial charge on any atom is -0.397 e. The number of amides is 1. The molecule has 3 saturated heterocycles. The number of nitrogen functional groups attached to an aromatic ring is 1. The van der Waals surface area contributed by atoms with Crippen molar-refractivity contribution in [3.8, 4) is 6.07 Å². The zero-order valence-corrected chi connectivity index (χ0v) is 20.8. The standard InChI is InChI=1S/C26H27FN6O2S/c1-13-2-4-18-23(29)24(36-26(18)31-13)25(34)32-14-3-5-17-19(6-14)21(27)7-22(20(17)8-28)33-10-15-11-35-12-16(33)9-30-15/h2,4,7,14-16,30H,3,5-6,9-12,29H2,1H3,(H,32,34)/t14-,15?,16?/m1/s1. The maximum Gasteiger partial charge on any atom is 0.263 e. The summed E-state index contributed by atoms with van der Waals surface area (Å²) in [4.78, 5) is 20.9. The Kier molecular flexibility index (Phi) is 5.79. The first-order valence-electron chi connectivity index (χ1n) is 12.2. The number of ether oxygens (including phenoxy) is 1. The molecule has 0 spiro atoms. The van der Waals surface area contributed by atoms with Gasteiger partial charge in [-0.05, 0) is 55.5 Å². The molecule has 10 heteroatoms. The summed E-state index contributed by atoms with van der Waals surface area (Å²) in [7, 11) is 0. The van der Waals surface area contributed by atoms with Crippen molar-refractivity contribution in [2.75, 3.05) is 36.9 Å². The molecule has 1 aromatic carbocycles. The minimum atomic E-state index is -0.326. The molecule has 7 rings (SSSR count). The largest absolute Gasteiger partial charge is 0.397 e. The Hall–Kier alpha value is -3.26. The van der Waals surface area contributed by atoms with E-state index in [-0.39, 0.29) is 29.8 Å². The van der Waals surface area contributed by atoms with E-state index in [4.69, 9.17) is 10.5 Å². The number of nitrogens with two attached hydrogens (primary N) is 1.